The van der Waals surface area contributed by atoms with Crippen molar-refractivity contribution in [2.45, 2.75) is 39.2 Å². The van der Waals surface area contributed by atoms with Crippen molar-refractivity contribution < 1.29 is 4.79 Å². The molecule has 0 rings (SSSR count). The van der Waals surface area contributed by atoms with Crippen molar-refractivity contribution in [2.24, 2.45) is 5.73 Å². The van der Waals surface area contributed by atoms with Crippen LogP contribution in [0.15, 0.2) is 0 Å². The van der Waals surface area contributed by atoms with Gasteiger partial charge in [-0.25, -0.2) is 0 Å². The molecule has 4 heteroatoms. The van der Waals surface area contributed by atoms with Crippen molar-refractivity contribution in [1.29, 1.82) is 0 Å². The number of carbonyl (C=O) groups is 1. The fourth-order valence-electron chi connectivity index (χ4n) is 1.15. The summed E-state index contributed by atoms with van der Waals surface area (Å²) in [5.41, 5.74) is 5.64. The van der Waals surface area contributed by atoms with Gasteiger partial charge in [0.2, 0.25) is 5.91 Å². The van der Waals surface area contributed by atoms with Crippen molar-refractivity contribution in [1.82, 2.24) is 10.6 Å². The Labute approximate surface area is 86.6 Å². The zero-order valence-electron chi connectivity index (χ0n) is 9.31. The van der Waals surface area contributed by atoms with E-state index in [-0.39, 0.29) is 11.9 Å². The maximum absolute atomic E-state index is 11.3. The highest BCUT2D eigenvalue weighted by Gasteiger charge is 2.10. The SMILES string of the molecule is CCCNCCNC(=O)C(N)CCC. The van der Waals surface area contributed by atoms with E-state index in [1.165, 1.54) is 0 Å². The molecule has 0 aliphatic carbocycles. The van der Waals surface area contributed by atoms with Crippen LogP contribution in [-0.2, 0) is 4.79 Å². The predicted octanol–water partition coefficient (Wildman–Crippen LogP) is 0.230. The van der Waals surface area contributed by atoms with Gasteiger partial charge in [0.05, 0.1) is 6.04 Å². The molecule has 0 aromatic rings. The second-order valence-electron chi connectivity index (χ2n) is 3.44. The third kappa shape index (κ3) is 6.86. The van der Waals surface area contributed by atoms with Crippen molar-refractivity contribution in [3.8, 4) is 0 Å². The highest BCUT2D eigenvalue weighted by molar-refractivity contribution is 5.81. The molecule has 84 valence electrons. The van der Waals surface area contributed by atoms with Crippen LogP contribution in [0.5, 0.6) is 0 Å². The zero-order valence-corrected chi connectivity index (χ0v) is 9.31. The number of hydrogen-bond acceptors (Lipinski definition) is 3. The van der Waals surface area contributed by atoms with E-state index in [0.29, 0.717) is 6.54 Å². The molecule has 0 aromatic heterocycles. The lowest BCUT2D eigenvalue weighted by atomic mass is 10.2. The van der Waals surface area contributed by atoms with Crippen LogP contribution in [0.3, 0.4) is 0 Å². The monoisotopic (exact) mass is 201 g/mol. The molecule has 1 atom stereocenters. The van der Waals surface area contributed by atoms with Crippen LogP contribution in [0.4, 0.5) is 0 Å². The van der Waals surface area contributed by atoms with Gasteiger partial charge < -0.3 is 16.4 Å². The minimum atomic E-state index is -0.342. The minimum absolute atomic E-state index is 0.0369. The Morgan fingerprint density at radius 1 is 1.21 bits per heavy atom. The third-order valence-electron chi connectivity index (χ3n) is 1.96. The maximum Gasteiger partial charge on any atom is 0.236 e. The van der Waals surface area contributed by atoms with E-state index in [9.17, 15) is 4.79 Å². The van der Waals surface area contributed by atoms with Crippen molar-refractivity contribution in [3.63, 3.8) is 0 Å². The molecule has 1 unspecified atom stereocenters. The van der Waals surface area contributed by atoms with Crippen LogP contribution in [-0.4, -0.2) is 31.6 Å². The molecule has 4 N–H and O–H groups in total. The van der Waals surface area contributed by atoms with Crippen LogP contribution in [0.25, 0.3) is 0 Å². The standard InChI is InChI=1S/C10H23N3O/c1-3-5-9(11)10(14)13-8-7-12-6-4-2/h9,12H,3-8,11H2,1-2H3,(H,13,14). The van der Waals surface area contributed by atoms with Gasteiger partial charge in [-0.05, 0) is 19.4 Å². The van der Waals surface area contributed by atoms with Crippen LogP contribution < -0.4 is 16.4 Å². The second-order valence-corrected chi connectivity index (χ2v) is 3.44. The van der Waals surface area contributed by atoms with Gasteiger partial charge in [-0.1, -0.05) is 20.3 Å². The Hall–Kier alpha value is -0.610. The lowest BCUT2D eigenvalue weighted by Gasteiger charge is -2.11. The minimum Gasteiger partial charge on any atom is -0.353 e. The summed E-state index contributed by atoms with van der Waals surface area (Å²) >= 11 is 0. The zero-order chi connectivity index (χ0) is 10.8. The Kier molecular flexibility index (Phi) is 8.57. The van der Waals surface area contributed by atoms with Gasteiger partial charge in [0, 0.05) is 13.1 Å². The molecule has 0 bridgehead atoms. The normalized spacial score (nSPS) is 12.5. The highest BCUT2D eigenvalue weighted by Crippen LogP contribution is 1.91. The molecule has 0 aliphatic rings. The van der Waals surface area contributed by atoms with E-state index in [0.717, 1.165) is 32.4 Å². The quantitative estimate of drug-likeness (QED) is 0.492. The van der Waals surface area contributed by atoms with Gasteiger partial charge in [0.25, 0.3) is 0 Å². The van der Waals surface area contributed by atoms with E-state index in [1.54, 1.807) is 0 Å². The summed E-state index contributed by atoms with van der Waals surface area (Å²) < 4.78 is 0. The topological polar surface area (TPSA) is 67.1 Å². The van der Waals surface area contributed by atoms with Crippen LogP contribution in [0.2, 0.25) is 0 Å². The first-order chi connectivity index (χ1) is 6.72. The van der Waals surface area contributed by atoms with E-state index in [2.05, 4.69) is 17.6 Å². The Morgan fingerprint density at radius 3 is 2.50 bits per heavy atom. The Bertz CT molecular complexity index is 150. The molecule has 0 heterocycles. The molecule has 0 aliphatic heterocycles. The van der Waals surface area contributed by atoms with Crippen molar-refractivity contribution in [3.05, 3.63) is 0 Å². The average Bonchev–Trinajstić information content (AvgIpc) is 2.17. The van der Waals surface area contributed by atoms with Crippen molar-refractivity contribution >= 4 is 5.91 Å². The molecule has 0 saturated carbocycles. The second kappa shape index (κ2) is 8.97. The third-order valence-corrected chi connectivity index (χ3v) is 1.96. The number of rotatable bonds is 8. The summed E-state index contributed by atoms with van der Waals surface area (Å²) in [5.74, 6) is -0.0369. The first-order valence-corrected chi connectivity index (χ1v) is 5.46. The number of nitrogens with one attached hydrogen (secondary N) is 2. The molecule has 0 saturated heterocycles. The summed E-state index contributed by atoms with van der Waals surface area (Å²) in [7, 11) is 0. The summed E-state index contributed by atoms with van der Waals surface area (Å²) in [6, 6.07) is -0.342. The molecule has 1 amide bonds. The molecular weight excluding hydrogens is 178 g/mol. The van der Waals surface area contributed by atoms with Gasteiger partial charge in [-0.15, -0.1) is 0 Å². The Morgan fingerprint density at radius 2 is 1.93 bits per heavy atom. The number of hydrogen-bond donors (Lipinski definition) is 3. The van der Waals surface area contributed by atoms with Crippen LogP contribution in [0.1, 0.15) is 33.1 Å². The van der Waals surface area contributed by atoms with Crippen molar-refractivity contribution in [2.75, 3.05) is 19.6 Å². The fraction of sp³-hybridized carbons (Fsp3) is 0.900. The average molecular weight is 201 g/mol. The van der Waals surface area contributed by atoms with Gasteiger partial charge in [-0.3, -0.25) is 4.79 Å². The van der Waals surface area contributed by atoms with Gasteiger partial charge in [-0.2, -0.15) is 0 Å². The lowest BCUT2D eigenvalue weighted by molar-refractivity contribution is -0.122. The molecule has 0 fully saturated rings. The molecule has 4 nitrogen and oxygen atoms in total. The first kappa shape index (κ1) is 13.4. The molecule has 0 aromatic carbocycles. The first-order valence-electron chi connectivity index (χ1n) is 5.46. The number of nitrogens with two attached hydrogens (primary N) is 1. The summed E-state index contributed by atoms with van der Waals surface area (Å²) in [4.78, 5) is 11.3. The number of carbonyl (C=O) groups excluding carboxylic acids is 1. The van der Waals surface area contributed by atoms with Gasteiger partial charge in [0.1, 0.15) is 0 Å². The smallest absolute Gasteiger partial charge is 0.236 e. The van der Waals surface area contributed by atoms with E-state index in [1.807, 2.05) is 6.92 Å². The molecule has 14 heavy (non-hydrogen) atoms. The van der Waals surface area contributed by atoms with Gasteiger partial charge >= 0.3 is 0 Å². The molecular formula is C10H23N3O. The Balaban J connectivity index is 3.34. The fourth-order valence-corrected chi connectivity index (χ4v) is 1.15. The summed E-state index contributed by atoms with van der Waals surface area (Å²) in [5, 5.41) is 6.01. The number of amides is 1. The van der Waals surface area contributed by atoms with Gasteiger partial charge in [0.15, 0.2) is 0 Å². The molecule has 0 spiro atoms. The highest BCUT2D eigenvalue weighted by atomic mass is 16.2. The maximum atomic E-state index is 11.3. The molecule has 0 radical (unpaired) electrons. The summed E-state index contributed by atoms with van der Waals surface area (Å²) in [6.45, 7) is 6.62. The lowest BCUT2D eigenvalue weighted by Crippen LogP contribution is -2.42. The van der Waals surface area contributed by atoms with E-state index < -0.39 is 0 Å². The van der Waals surface area contributed by atoms with Crippen LogP contribution in [0, 0.1) is 0 Å². The van der Waals surface area contributed by atoms with E-state index >= 15 is 0 Å². The largest absolute Gasteiger partial charge is 0.353 e. The van der Waals surface area contributed by atoms with E-state index in [4.69, 9.17) is 5.73 Å². The van der Waals surface area contributed by atoms with Crippen LogP contribution >= 0.6 is 0 Å². The predicted molar refractivity (Wildman–Crippen MR) is 59.1 cm³/mol. The summed E-state index contributed by atoms with van der Waals surface area (Å²) in [6.07, 6.45) is 2.82.